The zero-order valence-electron chi connectivity index (χ0n) is 10.7. The van der Waals surface area contributed by atoms with Gasteiger partial charge in [-0.15, -0.1) is 0 Å². The van der Waals surface area contributed by atoms with E-state index in [1.807, 2.05) is 0 Å². The van der Waals surface area contributed by atoms with Gasteiger partial charge in [-0.25, -0.2) is 4.79 Å². The quantitative estimate of drug-likeness (QED) is 0.500. The number of non-ortho nitro benzene ring substituents is 1. The van der Waals surface area contributed by atoms with Crippen molar-refractivity contribution >= 4 is 17.6 Å². The number of aliphatic hydroxyl groups is 1. The normalized spacial score (nSPS) is 13.3. The van der Waals surface area contributed by atoms with Crippen LogP contribution in [0.25, 0.3) is 0 Å². The van der Waals surface area contributed by atoms with Crippen molar-refractivity contribution in [2.45, 2.75) is 18.9 Å². The third-order valence-electron chi connectivity index (χ3n) is 2.58. The number of nitrogens with one attached hydrogen (secondary N) is 1. The molecule has 20 heavy (non-hydrogen) atoms. The molecular weight excluding hydrogens is 268 g/mol. The Morgan fingerprint density at radius 3 is 2.65 bits per heavy atom. The van der Waals surface area contributed by atoms with Gasteiger partial charge in [-0.1, -0.05) is 12.1 Å². The van der Waals surface area contributed by atoms with E-state index in [-0.39, 0.29) is 12.1 Å². The Morgan fingerprint density at radius 1 is 1.45 bits per heavy atom. The summed E-state index contributed by atoms with van der Waals surface area (Å²) in [6.45, 7) is 0.610. The minimum absolute atomic E-state index is 0.132. The fourth-order valence-corrected chi connectivity index (χ4v) is 1.37. The monoisotopic (exact) mass is 282 g/mol. The molecule has 0 fully saturated rings. The van der Waals surface area contributed by atoms with Gasteiger partial charge in [0.05, 0.1) is 17.9 Å². The zero-order chi connectivity index (χ0) is 15.3. The fraction of sp³-hybridized carbons (Fsp3) is 0.333. The third kappa shape index (κ3) is 4.32. The molecule has 108 valence electrons. The van der Waals surface area contributed by atoms with Gasteiger partial charge in [-0.3, -0.25) is 14.9 Å². The van der Waals surface area contributed by atoms with Crippen molar-refractivity contribution in [3.8, 4) is 0 Å². The number of hydrogen-bond acceptors (Lipinski definition) is 5. The van der Waals surface area contributed by atoms with Crippen LogP contribution in [0.4, 0.5) is 5.69 Å². The van der Waals surface area contributed by atoms with E-state index in [1.165, 1.54) is 18.2 Å². The van der Waals surface area contributed by atoms with E-state index in [0.717, 1.165) is 6.92 Å². The average molecular weight is 282 g/mol. The number of benzene rings is 1. The number of nitrogens with zero attached hydrogens (tertiary/aromatic N) is 1. The fourth-order valence-electron chi connectivity index (χ4n) is 1.37. The van der Waals surface area contributed by atoms with Crippen molar-refractivity contribution in [3.05, 3.63) is 39.9 Å². The van der Waals surface area contributed by atoms with Crippen LogP contribution in [-0.4, -0.2) is 39.2 Å². The van der Waals surface area contributed by atoms with Crippen LogP contribution in [0, 0.1) is 10.1 Å². The Hall–Kier alpha value is -2.48. The first kappa shape index (κ1) is 15.6. The summed E-state index contributed by atoms with van der Waals surface area (Å²) >= 11 is 0. The van der Waals surface area contributed by atoms with Crippen molar-refractivity contribution in [2.75, 3.05) is 6.54 Å². The maximum atomic E-state index is 11.6. The van der Waals surface area contributed by atoms with E-state index in [2.05, 4.69) is 5.32 Å². The highest BCUT2D eigenvalue weighted by Gasteiger charge is 2.30. The molecule has 1 rings (SSSR count). The van der Waals surface area contributed by atoms with Crippen LogP contribution in [0.1, 0.15) is 12.5 Å². The van der Waals surface area contributed by atoms with E-state index in [9.17, 15) is 24.8 Å². The van der Waals surface area contributed by atoms with Crippen molar-refractivity contribution in [1.29, 1.82) is 0 Å². The summed E-state index contributed by atoms with van der Waals surface area (Å²) in [6, 6.07) is 5.56. The molecule has 1 atom stereocenters. The minimum atomic E-state index is -2.06. The van der Waals surface area contributed by atoms with Gasteiger partial charge in [0, 0.05) is 12.1 Å². The van der Waals surface area contributed by atoms with E-state index in [4.69, 9.17) is 5.11 Å². The number of amides is 1. The van der Waals surface area contributed by atoms with Crippen molar-refractivity contribution in [1.82, 2.24) is 5.32 Å². The zero-order valence-corrected chi connectivity index (χ0v) is 10.7. The first-order chi connectivity index (χ1) is 9.22. The summed E-state index contributed by atoms with van der Waals surface area (Å²) in [6.07, 6.45) is -0.141. The van der Waals surface area contributed by atoms with Crippen LogP contribution < -0.4 is 5.32 Å². The molecule has 0 aliphatic rings. The largest absolute Gasteiger partial charge is 0.479 e. The second-order valence-corrected chi connectivity index (χ2v) is 4.46. The van der Waals surface area contributed by atoms with Crippen molar-refractivity contribution in [3.63, 3.8) is 0 Å². The summed E-state index contributed by atoms with van der Waals surface area (Å²) < 4.78 is 0. The number of carbonyl (C=O) groups excluding carboxylic acids is 1. The summed E-state index contributed by atoms with van der Waals surface area (Å²) in [5, 5.41) is 30.9. The maximum Gasteiger partial charge on any atom is 0.337 e. The average Bonchev–Trinajstić information content (AvgIpc) is 2.36. The molecule has 0 aliphatic carbocycles. The van der Waals surface area contributed by atoms with Crippen LogP contribution in [0.5, 0.6) is 0 Å². The van der Waals surface area contributed by atoms with Crippen LogP contribution in [0.2, 0.25) is 0 Å². The summed E-state index contributed by atoms with van der Waals surface area (Å²) in [5.41, 5.74) is -1.77. The lowest BCUT2D eigenvalue weighted by Crippen LogP contribution is -2.46. The number of hydrogen-bond donors (Lipinski definition) is 3. The Kier molecular flexibility index (Phi) is 4.76. The molecule has 1 aromatic carbocycles. The van der Waals surface area contributed by atoms with Crippen LogP contribution in [0.15, 0.2) is 24.3 Å². The van der Waals surface area contributed by atoms with Crippen molar-refractivity contribution < 1.29 is 24.7 Å². The molecule has 1 amide bonds. The molecular formula is C12H14N2O6. The lowest BCUT2D eigenvalue weighted by Gasteiger charge is -2.18. The topological polar surface area (TPSA) is 130 Å². The Labute approximate surface area is 114 Å². The number of nitro benzene ring substituents is 1. The number of rotatable bonds is 6. The lowest BCUT2D eigenvalue weighted by molar-refractivity contribution is -0.384. The van der Waals surface area contributed by atoms with E-state index >= 15 is 0 Å². The number of carbonyl (C=O) groups is 2. The lowest BCUT2D eigenvalue weighted by atomic mass is 10.1. The van der Waals surface area contributed by atoms with E-state index in [0.29, 0.717) is 5.56 Å². The first-order valence-corrected chi connectivity index (χ1v) is 5.68. The highest BCUT2D eigenvalue weighted by Crippen LogP contribution is 2.13. The SMILES string of the molecule is CC(O)(CNC(=O)Cc1cccc([N+](=O)[O-])c1)C(=O)O. The number of aliphatic carboxylic acids is 1. The molecule has 3 N–H and O–H groups in total. The summed E-state index contributed by atoms with van der Waals surface area (Å²) in [4.78, 5) is 32.2. The molecule has 1 aromatic rings. The van der Waals surface area contributed by atoms with Gasteiger partial charge in [-0.05, 0) is 12.5 Å². The molecule has 1 unspecified atom stereocenters. The molecule has 0 radical (unpaired) electrons. The minimum Gasteiger partial charge on any atom is -0.479 e. The highest BCUT2D eigenvalue weighted by atomic mass is 16.6. The third-order valence-corrected chi connectivity index (χ3v) is 2.58. The van der Waals surface area contributed by atoms with E-state index in [1.54, 1.807) is 6.07 Å². The van der Waals surface area contributed by atoms with Gasteiger partial charge in [0.1, 0.15) is 0 Å². The Bertz CT molecular complexity index is 541. The second-order valence-electron chi connectivity index (χ2n) is 4.46. The molecule has 0 saturated heterocycles. The van der Waals surface area contributed by atoms with Gasteiger partial charge in [-0.2, -0.15) is 0 Å². The summed E-state index contributed by atoms with van der Waals surface area (Å²) in [7, 11) is 0. The van der Waals surface area contributed by atoms with E-state index < -0.39 is 28.9 Å². The molecule has 0 aliphatic heterocycles. The number of carboxylic acids is 1. The molecule has 0 aromatic heterocycles. The van der Waals surface area contributed by atoms with Crippen LogP contribution in [0.3, 0.4) is 0 Å². The molecule has 8 heteroatoms. The standard InChI is InChI=1S/C12H14N2O6/c1-12(18,11(16)17)7-13-10(15)6-8-3-2-4-9(5-8)14(19)20/h2-5,18H,6-7H2,1H3,(H,13,15)(H,16,17). The van der Waals surface area contributed by atoms with Gasteiger partial charge >= 0.3 is 5.97 Å². The van der Waals surface area contributed by atoms with Gasteiger partial charge in [0.2, 0.25) is 5.91 Å². The predicted octanol–water partition coefficient (Wildman–Crippen LogP) is 0.0891. The molecule has 0 saturated carbocycles. The Morgan fingerprint density at radius 2 is 2.10 bits per heavy atom. The number of carboxylic acid groups (broad SMARTS) is 1. The number of nitro groups is 1. The molecule has 0 heterocycles. The molecule has 0 bridgehead atoms. The first-order valence-electron chi connectivity index (χ1n) is 5.68. The van der Waals surface area contributed by atoms with Gasteiger partial charge < -0.3 is 15.5 Å². The predicted molar refractivity (Wildman–Crippen MR) is 68.1 cm³/mol. The Balaban J connectivity index is 2.61. The maximum absolute atomic E-state index is 11.6. The highest BCUT2D eigenvalue weighted by molar-refractivity contribution is 5.81. The smallest absolute Gasteiger partial charge is 0.337 e. The van der Waals surface area contributed by atoms with Crippen molar-refractivity contribution in [2.24, 2.45) is 0 Å². The summed E-state index contributed by atoms with van der Waals surface area (Å²) in [5.74, 6) is -1.99. The van der Waals surface area contributed by atoms with Gasteiger partial charge in [0.15, 0.2) is 5.60 Å². The van der Waals surface area contributed by atoms with Crippen LogP contribution >= 0.6 is 0 Å². The van der Waals surface area contributed by atoms with Gasteiger partial charge in [0.25, 0.3) is 5.69 Å². The van der Waals surface area contributed by atoms with Crippen LogP contribution in [-0.2, 0) is 16.0 Å². The molecule has 8 nitrogen and oxygen atoms in total. The second kappa shape index (κ2) is 6.11. The molecule has 0 spiro atoms.